The van der Waals surface area contributed by atoms with E-state index in [4.69, 9.17) is 9.05 Å². The number of carbonyl (C=O) groups is 1. The molecule has 0 bridgehead atoms. The van der Waals surface area contributed by atoms with Crippen LogP contribution in [0.5, 0.6) is 0 Å². The normalized spacial score (nSPS) is 11.1. The second kappa shape index (κ2) is 8.24. The molecule has 9 heteroatoms. The Morgan fingerprint density at radius 2 is 1.67 bits per heavy atom. The molecule has 0 aliphatic rings. The van der Waals surface area contributed by atoms with Crippen molar-refractivity contribution in [2.45, 2.75) is 26.3 Å². The molecule has 2 heterocycles. The van der Waals surface area contributed by atoms with Crippen molar-refractivity contribution in [1.29, 1.82) is 0 Å². The molecule has 0 aliphatic carbocycles. The molecule has 8 nitrogen and oxygen atoms in total. The van der Waals surface area contributed by atoms with E-state index in [1.807, 2.05) is 13.8 Å². The summed E-state index contributed by atoms with van der Waals surface area (Å²) in [5.41, 5.74) is 1.82. The lowest BCUT2D eigenvalue weighted by Gasteiger charge is -2.03. The van der Waals surface area contributed by atoms with Gasteiger partial charge in [0.25, 0.3) is 11.8 Å². The molecule has 0 atom stereocenters. The van der Waals surface area contributed by atoms with Crippen LogP contribution in [0.4, 0.5) is 4.39 Å². The fourth-order valence-corrected chi connectivity index (χ4v) is 2.65. The number of aromatic nitrogens is 4. The molecule has 30 heavy (non-hydrogen) atoms. The summed E-state index contributed by atoms with van der Waals surface area (Å²) >= 11 is 0. The molecule has 1 amide bonds. The monoisotopic (exact) mass is 407 g/mol. The number of amides is 1. The van der Waals surface area contributed by atoms with Crippen molar-refractivity contribution in [3.05, 3.63) is 71.6 Å². The minimum atomic E-state index is -0.350. The van der Waals surface area contributed by atoms with E-state index in [1.165, 1.54) is 12.1 Å². The fraction of sp³-hybridized carbons (Fsp3) is 0.190. The van der Waals surface area contributed by atoms with Gasteiger partial charge in [-0.2, -0.15) is 9.97 Å². The summed E-state index contributed by atoms with van der Waals surface area (Å²) in [6.07, 6.45) is 0. The van der Waals surface area contributed by atoms with E-state index in [0.29, 0.717) is 28.7 Å². The van der Waals surface area contributed by atoms with Crippen LogP contribution in [0.25, 0.3) is 22.8 Å². The van der Waals surface area contributed by atoms with E-state index < -0.39 is 0 Å². The highest BCUT2D eigenvalue weighted by Crippen LogP contribution is 2.20. The van der Waals surface area contributed by atoms with Crippen LogP contribution in [0.1, 0.15) is 41.8 Å². The summed E-state index contributed by atoms with van der Waals surface area (Å²) in [5, 5.41) is 10.5. The van der Waals surface area contributed by atoms with Crippen LogP contribution in [0.2, 0.25) is 0 Å². The van der Waals surface area contributed by atoms with E-state index in [9.17, 15) is 9.18 Å². The number of carbonyl (C=O) groups excluding carboxylic acids is 1. The summed E-state index contributed by atoms with van der Waals surface area (Å²) < 4.78 is 23.4. The number of hydrogen-bond donors (Lipinski definition) is 1. The van der Waals surface area contributed by atoms with Gasteiger partial charge in [0.1, 0.15) is 5.82 Å². The van der Waals surface area contributed by atoms with Gasteiger partial charge in [0.05, 0.1) is 6.54 Å². The van der Waals surface area contributed by atoms with Gasteiger partial charge in [-0.25, -0.2) is 4.39 Å². The number of rotatable bonds is 6. The predicted molar refractivity (Wildman–Crippen MR) is 105 cm³/mol. The summed E-state index contributed by atoms with van der Waals surface area (Å²) in [5.74, 6) is 1.11. The van der Waals surface area contributed by atoms with Crippen LogP contribution >= 0.6 is 0 Å². The van der Waals surface area contributed by atoms with Crippen molar-refractivity contribution in [2.24, 2.45) is 0 Å². The topological polar surface area (TPSA) is 107 Å². The standard InChI is InChI=1S/C21H18FN5O3/c1-12(2)20-25-18(27-29-20)13-3-5-14(6-4-13)19(28)23-11-17-24-21(30-26-17)15-7-9-16(22)10-8-15/h3-10,12H,11H2,1-2H3,(H,23,28). The smallest absolute Gasteiger partial charge is 0.257 e. The number of nitrogens with zero attached hydrogens (tertiary/aromatic N) is 4. The third-order valence-corrected chi connectivity index (χ3v) is 4.31. The highest BCUT2D eigenvalue weighted by molar-refractivity contribution is 5.94. The lowest BCUT2D eigenvalue weighted by Crippen LogP contribution is -2.23. The number of benzene rings is 2. The van der Waals surface area contributed by atoms with Crippen molar-refractivity contribution < 1.29 is 18.2 Å². The van der Waals surface area contributed by atoms with E-state index in [-0.39, 0.29) is 30.1 Å². The quantitative estimate of drug-likeness (QED) is 0.515. The first-order valence-electron chi connectivity index (χ1n) is 9.30. The molecule has 0 aliphatic heterocycles. The Hall–Kier alpha value is -3.88. The highest BCUT2D eigenvalue weighted by Gasteiger charge is 2.14. The Balaban J connectivity index is 1.38. The molecule has 2 aromatic heterocycles. The zero-order valence-electron chi connectivity index (χ0n) is 16.3. The van der Waals surface area contributed by atoms with Gasteiger partial charge in [0.15, 0.2) is 5.82 Å². The fourth-order valence-electron chi connectivity index (χ4n) is 2.65. The maximum atomic E-state index is 13.0. The van der Waals surface area contributed by atoms with Crippen molar-refractivity contribution in [2.75, 3.05) is 0 Å². The van der Waals surface area contributed by atoms with Crippen LogP contribution in [-0.2, 0) is 6.54 Å². The average Bonchev–Trinajstić information content (AvgIpc) is 3.43. The van der Waals surface area contributed by atoms with Gasteiger partial charge >= 0.3 is 0 Å². The Kier molecular flexibility index (Phi) is 5.34. The lowest BCUT2D eigenvalue weighted by molar-refractivity contribution is 0.0949. The summed E-state index contributed by atoms with van der Waals surface area (Å²) in [4.78, 5) is 20.9. The zero-order valence-corrected chi connectivity index (χ0v) is 16.3. The molecular formula is C21H18FN5O3. The van der Waals surface area contributed by atoms with E-state index in [0.717, 1.165) is 5.56 Å². The maximum absolute atomic E-state index is 13.0. The zero-order chi connectivity index (χ0) is 21.1. The maximum Gasteiger partial charge on any atom is 0.257 e. The summed E-state index contributed by atoms with van der Waals surface area (Å²) in [7, 11) is 0. The van der Waals surface area contributed by atoms with E-state index in [2.05, 4.69) is 25.6 Å². The molecule has 1 N–H and O–H groups in total. The van der Waals surface area contributed by atoms with Crippen molar-refractivity contribution >= 4 is 5.91 Å². The number of nitrogens with one attached hydrogen (secondary N) is 1. The van der Waals surface area contributed by atoms with Crippen LogP contribution in [0.3, 0.4) is 0 Å². The first-order valence-corrected chi connectivity index (χ1v) is 9.30. The van der Waals surface area contributed by atoms with Gasteiger partial charge in [-0.15, -0.1) is 0 Å². The van der Waals surface area contributed by atoms with Gasteiger partial charge in [0.2, 0.25) is 11.7 Å². The van der Waals surface area contributed by atoms with Crippen LogP contribution in [-0.4, -0.2) is 26.2 Å². The molecule has 0 radical (unpaired) electrons. The first kappa shape index (κ1) is 19.4. The van der Waals surface area contributed by atoms with Gasteiger partial charge < -0.3 is 14.4 Å². The molecule has 0 unspecified atom stereocenters. The highest BCUT2D eigenvalue weighted by atomic mass is 19.1. The lowest BCUT2D eigenvalue weighted by atomic mass is 10.1. The molecule has 4 rings (SSSR count). The Labute approximate surface area is 171 Å². The Bertz CT molecular complexity index is 1150. The minimum absolute atomic E-state index is 0.0911. The van der Waals surface area contributed by atoms with Gasteiger partial charge in [-0.05, 0) is 36.4 Å². The molecule has 2 aromatic carbocycles. The Morgan fingerprint density at radius 3 is 2.33 bits per heavy atom. The number of hydrogen-bond acceptors (Lipinski definition) is 7. The second-order valence-corrected chi connectivity index (χ2v) is 6.89. The molecule has 152 valence electrons. The van der Waals surface area contributed by atoms with Crippen LogP contribution in [0.15, 0.2) is 57.6 Å². The van der Waals surface area contributed by atoms with Gasteiger partial charge in [-0.3, -0.25) is 4.79 Å². The molecule has 0 saturated carbocycles. The van der Waals surface area contributed by atoms with Crippen molar-refractivity contribution in [1.82, 2.24) is 25.6 Å². The third-order valence-electron chi connectivity index (χ3n) is 4.31. The minimum Gasteiger partial charge on any atom is -0.345 e. The largest absolute Gasteiger partial charge is 0.345 e. The molecule has 0 fully saturated rings. The van der Waals surface area contributed by atoms with Crippen LogP contribution < -0.4 is 5.32 Å². The number of halogens is 1. The van der Waals surface area contributed by atoms with Crippen molar-refractivity contribution in [3.8, 4) is 22.8 Å². The Morgan fingerprint density at radius 1 is 0.967 bits per heavy atom. The van der Waals surface area contributed by atoms with E-state index in [1.54, 1.807) is 36.4 Å². The second-order valence-electron chi connectivity index (χ2n) is 6.89. The summed E-state index contributed by atoms with van der Waals surface area (Å²) in [6.45, 7) is 4.03. The van der Waals surface area contributed by atoms with E-state index >= 15 is 0 Å². The third kappa shape index (κ3) is 4.24. The average molecular weight is 407 g/mol. The van der Waals surface area contributed by atoms with Gasteiger partial charge in [0, 0.05) is 22.6 Å². The predicted octanol–water partition coefficient (Wildman–Crippen LogP) is 3.98. The SMILES string of the molecule is CC(C)c1nc(-c2ccc(C(=O)NCc3noc(-c4ccc(F)cc4)n3)cc2)no1. The summed E-state index contributed by atoms with van der Waals surface area (Å²) in [6, 6.07) is 12.6. The molecular weight excluding hydrogens is 389 g/mol. The molecule has 4 aromatic rings. The van der Waals surface area contributed by atoms with Crippen molar-refractivity contribution in [3.63, 3.8) is 0 Å². The first-order chi connectivity index (χ1) is 14.5. The van der Waals surface area contributed by atoms with Crippen LogP contribution in [0, 0.1) is 5.82 Å². The van der Waals surface area contributed by atoms with Gasteiger partial charge in [-0.1, -0.05) is 36.3 Å². The molecule has 0 saturated heterocycles. The molecule has 0 spiro atoms.